The lowest BCUT2D eigenvalue weighted by Gasteiger charge is -2.03. The molecule has 0 radical (unpaired) electrons. The summed E-state index contributed by atoms with van der Waals surface area (Å²) in [6.45, 7) is 2.51. The van der Waals surface area contributed by atoms with E-state index in [4.69, 9.17) is 0 Å². The van der Waals surface area contributed by atoms with Gasteiger partial charge >= 0.3 is 5.69 Å². The van der Waals surface area contributed by atoms with E-state index in [9.17, 15) is 4.79 Å². The molecule has 2 rings (SSSR count). The highest BCUT2D eigenvalue weighted by Crippen LogP contribution is 2.25. The summed E-state index contributed by atoms with van der Waals surface area (Å²) >= 11 is 1.43. The molecule has 2 aromatic heterocycles. The summed E-state index contributed by atoms with van der Waals surface area (Å²) in [6, 6.07) is 3.79. The Morgan fingerprint density at radius 3 is 3.12 bits per heavy atom. The topological polar surface area (TPSA) is 75.6 Å². The number of anilines is 1. The number of aromatic amines is 1. The Balaban J connectivity index is 2.28. The maximum absolute atomic E-state index is 11.4. The van der Waals surface area contributed by atoms with Crippen molar-refractivity contribution in [3.8, 4) is 0 Å². The predicted molar refractivity (Wildman–Crippen MR) is 66.4 cm³/mol. The molecule has 0 bridgehead atoms. The second kappa shape index (κ2) is 5.05. The second-order valence-corrected chi connectivity index (χ2v) is 4.33. The fourth-order valence-corrected chi connectivity index (χ4v) is 2.30. The van der Waals surface area contributed by atoms with Crippen LogP contribution in [0.1, 0.15) is 6.92 Å². The molecule has 17 heavy (non-hydrogen) atoms. The Labute approximate surface area is 102 Å². The van der Waals surface area contributed by atoms with Crippen LogP contribution >= 0.6 is 11.8 Å². The lowest BCUT2D eigenvalue weighted by molar-refractivity contribution is 0.660. The van der Waals surface area contributed by atoms with Gasteiger partial charge in [-0.2, -0.15) is 0 Å². The summed E-state index contributed by atoms with van der Waals surface area (Å²) in [4.78, 5) is 16.5. The van der Waals surface area contributed by atoms with E-state index in [-0.39, 0.29) is 5.69 Å². The lowest BCUT2D eigenvalue weighted by atomic mass is 10.5. The van der Waals surface area contributed by atoms with E-state index in [1.165, 1.54) is 11.8 Å². The first-order chi connectivity index (χ1) is 8.24. The molecule has 0 saturated carbocycles. The van der Waals surface area contributed by atoms with E-state index in [1.54, 1.807) is 10.8 Å². The first-order valence-corrected chi connectivity index (χ1v) is 6.03. The van der Waals surface area contributed by atoms with Gasteiger partial charge in [0.25, 0.3) is 0 Å². The molecule has 0 atom stereocenters. The van der Waals surface area contributed by atoms with Crippen LogP contribution in [-0.2, 0) is 6.54 Å². The highest BCUT2D eigenvalue weighted by atomic mass is 32.2. The van der Waals surface area contributed by atoms with Gasteiger partial charge in [-0.05, 0) is 30.8 Å². The van der Waals surface area contributed by atoms with Crippen molar-refractivity contribution in [3.05, 3.63) is 28.8 Å². The zero-order valence-electron chi connectivity index (χ0n) is 9.60. The predicted octanol–water partition coefficient (Wildman–Crippen LogP) is 1.18. The Bertz CT molecular complexity index is 562. The summed E-state index contributed by atoms with van der Waals surface area (Å²) in [5.41, 5.74) is -0.183. The average molecular weight is 251 g/mol. The minimum Gasteiger partial charge on any atom is -0.373 e. The lowest BCUT2D eigenvalue weighted by Crippen LogP contribution is -2.15. The molecular weight excluding hydrogens is 238 g/mol. The van der Waals surface area contributed by atoms with E-state index in [0.29, 0.717) is 11.7 Å². The molecule has 0 aliphatic carbocycles. The molecule has 90 valence electrons. The smallest absolute Gasteiger partial charge is 0.343 e. The Hall–Kier alpha value is -1.76. The van der Waals surface area contributed by atoms with Crippen LogP contribution in [0.15, 0.2) is 33.2 Å². The molecule has 7 heteroatoms. The Morgan fingerprint density at radius 1 is 1.59 bits per heavy atom. The minimum atomic E-state index is -0.183. The molecule has 0 aliphatic rings. The summed E-state index contributed by atoms with van der Waals surface area (Å²) in [6.07, 6.45) is 1.72. The van der Waals surface area contributed by atoms with Crippen LogP contribution < -0.4 is 11.0 Å². The van der Waals surface area contributed by atoms with Crippen LogP contribution in [0.3, 0.4) is 0 Å². The molecule has 0 aromatic carbocycles. The average Bonchev–Trinajstić information content (AvgIpc) is 2.70. The van der Waals surface area contributed by atoms with Gasteiger partial charge in [0.15, 0.2) is 5.16 Å². The molecule has 6 nitrogen and oxygen atoms in total. The molecule has 2 N–H and O–H groups in total. The van der Waals surface area contributed by atoms with Crippen molar-refractivity contribution in [1.29, 1.82) is 0 Å². The van der Waals surface area contributed by atoms with Crippen LogP contribution in [-0.4, -0.2) is 26.8 Å². The molecule has 0 fully saturated rings. The van der Waals surface area contributed by atoms with Crippen molar-refractivity contribution in [1.82, 2.24) is 19.7 Å². The molecule has 0 saturated heterocycles. The third-order valence-corrected chi connectivity index (χ3v) is 3.22. The fraction of sp³-hybridized carbons (Fsp3) is 0.300. The minimum absolute atomic E-state index is 0.183. The third kappa shape index (κ3) is 2.50. The monoisotopic (exact) mass is 251 g/mol. The van der Waals surface area contributed by atoms with Gasteiger partial charge in [-0.25, -0.2) is 14.9 Å². The van der Waals surface area contributed by atoms with Crippen LogP contribution in [0.2, 0.25) is 0 Å². The molecule has 2 aromatic rings. The van der Waals surface area contributed by atoms with Crippen molar-refractivity contribution >= 4 is 17.6 Å². The summed E-state index contributed by atoms with van der Waals surface area (Å²) in [7, 11) is 1.81. The Kier molecular flexibility index (Phi) is 3.48. The SMILES string of the molecule is CCn1c(Sc2ccnc(NC)c2)n[nH]c1=O. The van der Waals surface area contributed by atoms with Crippen molar-refractivity contribution < 1.29 is 0 Å². The van der Waals surface area contributed by atoms with Crippen molar-refractivity contribution in [2.24, 2.45) is 0 Å². The normalized spacial score (nSPS) is 10.5. The number of hydrogen-bond donors (Lipinski definition) is 2. The number of nitrogens with zero attached hydrogens (tertiary/aromatic N) is 3. The number of rotatable bonds is 4. The van der Waals surface area contributed by atoms with E-state index < -0.39 is 0 Å². The van der Waals surface area contributed by atoms with Crippen molar-refractivity contribution in [2.45, 2.75) is 23.5 Å². The van der Waals surface area contributed by atoms with Crippen LogP contribution in [0.25, 0.3) is 0 Å². The number of H-pyrrole nitrogens is 1. The third-order valence-electron chi connectivity index (χ3n) is 2.24. The summed E-state index contributed by atoms with van der Waals surface area (Å²) in [5.74, 6) is 0.788. The largest absolute Gasteiger partial charge is 0.373 e. The van der Waals surface area contributed by atoms with Gasteiger partial charge in [-0.1, -0.05) is 0 Å². The maximum Gasteiger partial charge on any atom is 0.343 e. The second-order valence-electron chi connectivity index (χ2n) is 3.28. The van der Waals surface area contributed by atoms with E-state index in [1.807, 2.05) is 26.1 Å². The number of hydrogen-bond acceptors (Lipinski definition) is 5. The van der Waals surface area contributed by atoms with Gasteiger partial charge in [0.05, 0.1) is 0 Å². The van der Waals surface area contributed by atoms with E-state index >= 15 is 0 Å². The van der Waals surface area contributed by atoms with Crippen LogP contribution in [0, 0.1) is 0 Å². The fourth-order valence-electron chi connectivity index (χ4n) is 1.38. The van der Waals surface area contributed by atoms with E-state index in [2.05, 4.69) is 20.5 Å². The molecule has 0 amide bonds. The van der Waals surface area contributed by atoms with Crippen LogP contribution in [0.4, 0.5) is 5.82 Å². The van der Waals surface area contributed by atoms with Crippen LogP contribution in [0.5, 0.6) is 0 Å². The molecule has 2 heterocycles. The highest BCUT2D eigenvalue weighted by molar-refractivity contribution is 7.99. The molecule has 0 unspecified atom stereocenters. The zero-order valence-corrected chi connectivity index (χ0v) is 10.4. The quantitative estimate of drug-likeness (QED) is 0.853. The van der Waals surface area contributed by atoms with Gasteiger partial charge < -0.3 is 5.32 Å². The van der Waals surface area contributed by atoms with E-state index in [0.717, 1.165) is 10.7 Å². The summed E-state index contributed by atoms with van der Waals surface area (Å²) < 4.78 is 1.59. The first-order valence-electron chi connectivity index (χ1n) is 5.21. The van der Waals surface area contributed by atoms with Gasteiger partial charge in [0, 0.05) is 24.7 Å². The zero-order chi connectivity index (χ0) is 12.3. The summed E-state index contributed by atoms with van der Waals surface area (Å²) in [5, 5.41) is 10.1. The number of pyridine rings is 1. The van der Waals surface area contributed by atoms with Crippen molar-refractivity contribution in [3.63, 3.8) is 0 Å². The molecule has 0 aliphatic heterocycles. The van der Waals surface area contributed by atoms with Gasteiger partial charge in [0.1, 0.15) is 5.82 Å². The standard InChI is InChI=1S/C10H13N5OS/c1-3-15-9(16)13-14-10(15)17-7-4-5-12-8(6-7)11-2/h4-6H,3H2,1-2H3,(H,11,12)(H,13,16). The maximum atomic E-state index is 11.4. The highest BCUT2D eigenvalue weighted by Gasteiger charge is 2.08. The Morgan fingerprint density at radius 2 is 2.41 bits per heavy atom. The van der Waals surface area contributed by atoms with Gasteiger partial charge in [0.2, 0.25) is 0 Å². The van der Waals surface area contributed by atoms with Crippen molar-refractivity contribution in [2.75, 3.05) is 12.4 Å². The first kappa shape index (κ1) is 11.7. The molecular formula is C10H13N5OS. The number of aromatic nitrogens is 4. The van der Waals surface area contributed by atoms with Gasteiger partial charge in [-0.15, -0.1) is 5.10 Å². The van der Waals surface area contributed by atoms with Gasteiger partial charge in [-0.3, -0.25) is 4.57 Å². The number of nitrogens with one attached hydrogen (secondary N) is 2. The molecule has 0 spiro atoms.